The van der Waals surface area contributed by atoms with Crippen molar-refractivity contribution in [3.05, 3.63) is 21.9 Å². The Bertz CT molecular complexity index is 622. The fraction of sp³-hybridized carbons (Fsp3) is 0.462. The number of carbonyl (C=O) groups is 1. The smallest absolute Gasteiger partial charge is 0.262 e. The third kappa shape index (κ3) is 5.74. The lowest BCUT2D eigenvalue weighted by Crippen LogP contribution is -2.37. The van der Waals surface area contributed by atoms with Crippen molar-refractivity contribution in [3.8, 4) is 11.8 Å². The molecular formula is C13H17NO4S2. The van der Waals surface area contributed by atoms with E-state index in [1.165, 1.54) is 11.3 Å². The highest BCUT2D eigenvalue weighted by atomic mass is 32.2. The maximum absolute atomic E-state index is 12.0. The molecule has 0 saturated carbocycles. The highest BCUT2D eigenvalue weighted by Gasteiger charge is 2.17. The normalized spacial score (nSPS) is 12.3. The molecule has 1 heterocycles. The van der Waals surface area contributed by atoms with Crippen LogP contribution < -0.4 is 5.32 Å². The lowest BCUT2D eigenvalue weighted by atomic mass is 10.2. The molecule has 0 aromatic carbocycles. The summed E-state index contributed by atoms with van der Waals surface area (Å²) in [5.41, 5.74) is 0.590. The third-order valence-corrected chi connectivity index (χ3v) is 4.28. The number of hydrogen-bond acceptors (Lipinski definition) is 5. The predicted molar refractivity (Wildman–Crippen MR) is 79.5 cm³/mol. The molecule has 110 valence electrons. The van der Waals surface area contributed by atoms with Crippen LogP contribution in [0.2, 0.25) is 0 Å². The number of thiophene rings is 1. The summed E-state index contributed by atoms with van der Waals surface area (Å²) in [6.07, 6.45) is 1.48. The zero-order valence-corrected chi connectivity index (χ0v) is 13.0. The van der Waals surface area contributed by atoms with Gasteiger partial charge in [0.15, 0.2) is 0 Å². The Kier molecular flexibility index (Phi) is 6.20. The summed E-state index contributed by atoms with van der Waals surface area (Å²) in [6.45, 7) is 1.62. The molecule has 0 bridgehead atoms. The van der Waals surface area contributed by atoms with Gasteiger partial charge in [-0.2, -0.15) is 0 Å². The van der Waals surface area contributed by atoms with Crippen LogP contribution in [0.25, 0.3) is 0 Å². The molecule has 1 rings (SSSR count). The van der Waals surface area contributed by atoms with Crippen LogP contribution in [-0.2, 0) is 9.84 Å². The van der Waals surface area contributed by atoms with Gasteiger partial charge in [-0.3, -0.25) is 4.79 Å². The molecule has 0 aliphatic rings. The summed E-state index contributed by atoms with van der Waals surface area (Å²) >= 11 is 1.25. The van der Waals surface area contributed by atoms with Gasteiger partial charge >= 0.3 is 0 Å². The zero-order valence-electron chi connectivity index (χ0n) is 11.3. The number of nitrogens with one attached hydrogen (secondary N) is 1. The maximum atomic E-state index is 12.0. The van der Waals surface area contributed by atoms with Gasteiger partial charge in [-0.1, -0.05) is 11.8 Å². The highest BCUT2D eigenvalue weighted by Crippen LogP contribution is 2.16. The van der Waals surface area contributed by atoms with Crippen molar-refractivity contribution in [2.24, 2.45) is 0 Å². The Hall–Kier alpha value is -1.36. The first kappa shape index (κ1) is 16.7. The van der Waals surface area contributed by atoms with Crippen molar-refractivity contribution < 1.29 is 18.3 Å². The van der Waals surface area contributed by atoms with Crippen LogP contribution in [0.1, 0.15) is 28.6 Å². The number of rotatable bonds is 5. The number of hydrogen-bond donors (Lipinski definition) is 2. The van der Waals surface area contributed by atoms with E-state index in [1.807, 2.05) is 0 Å². The molecule has 0 radical (unpaired) electrons. The standard InChI is InChI=1S/C13H17NO4S2/c1-10(9-20(2,17)18)14-13(16)12-11(6-8-19-12)5-3-4-7-15/h6,8,10,15H,4,7,9H2,1-2H3,(H,14,16). The molecule has 0 spiro atoms. The van der Waals surface area contributed by atoms with Crippen molar-refractivity contribution in [1.82, 2.24) is 5.32 Å². The Morgan fingerprint density at radius 1 is 1.55 bits per heavy atom. The summed E-state index contributed by atoms with van der Waals surface area (Å²) in [5.74, 6) is 5.14. The molecule has 2 N–H and O–H groups in total. The second-order valence-electron chi connectivity index (χ2n) is 4.41. The number of amides is 1. The van der Waals surface area contributed by atoms with Crippen molar-refractivity contribution >= 4 is 27.1 Å². The summed E-state index contributed by atoms with van der Waals surface area (Å²) in [5, 5.41) is 13.1. The Morgan fingerprint density at radius 3 is 2.85 bits per heavy atom. The Labute approximate surface area is 122 Å². The molecular weight excluding hydrogens is 298 g/mol. The molecule has 0 fully saturated rings. The van der Waals surface area contributed by atoms with Crippen LogP contribution in [0.4, 0.5) is 0 Å². The van der Waals surface area contributed by atoms with E-state index in [-0.39, 0.29) is 18.3 Å². The molecule has 1 aromatic heterocycles. The quantitative estimate of drug-likeness (QED) is 0.781. The van der Waals surface area contributed by atoms with E-state index in [9.17, 15) is 13.2 Å². The van der Waals surface area contributed by atoms with Gasteiger partial charge in [0, 0.05) is 24.3 Å². The van der Waals surface area contributed by atoms with E-state index in [4.69, 9.17) is 5.11 Å². The van der Waals surface area contributed by atoms with Gasteiger partial charge in [0.1, 0.15) is 14.7 Å². The van der Waals surface area contributed by atoms with Crippen LogP contribution in [-0.4, -0.2) is 44.1 Å². The number of sulfone groups is 1. The van der Waals surface area contributed by atoms with Gasteiger partial charge in [-0.25, -0.2) is 8.42 Å². The van der Waals surface area contributed by atoms with E-state index in [1.54, 1.807) is 18.4 Å². The fourth-order valence-electron chi connectivity index (χ4n) is 1.58. The topological polar surface area (TPSA) is 83.5 Å². The van der Waals surface area contributed by atoms with Crippen molar-refractivity contribution in [2.75, 3.05) is 18.6 Å². The summed E-state index contributed by atoms with van der Waals surface area (Å²) in [7, 11) is -3.13. The first-order chi connectivity index (χ1) is 9.33. The van der Waals surface area contributed by atoms with Crippen LogP contribution in [0.3, 0.4) is 0 Å². The molecule has 0 saturated heterocycles. The lowest BCUT2D eigenvalue weighted by molar-refractivity contribution is 0.0947. The van der Waals surface area contributed by atoms with Crippen LogP contribution in [0.5, 0.6) is 0 Å². The van der Waals surface area contributed by atoms with Crippen molar-refractivity contribution in [2.45, 2.75) is 19.4 Å². The van der Waals surface area contributed by atoms with Gasteiger partial charge in [0.25, 0.3) is 5.91 Å². The maximum Gasteiger partial charge on any atom is 0.262 e. The monoisotopic (exact) mass is 315 g/mol. The zero-order chi connectivity index (χ0) is 15.2. The first-order valence-electron chi connectivity index (χ1n) is 5.99. The number of aliphatic hydroxyl groups excluding tert-OH is 1. The Morgan fingerprint density at radius 2 is 2.25 bits per heavy atom. The average Bonchev–Trinajstić information content (AvgIpc) is 2.75. The third-order valence-electron chi connectivity index (χ3n) is 2.26. The molecule has 7 heteroatoms. The van der Waals surface area contributed by atoms with Gasteiger partial charge in [-0.15, -0.1) is 11.3 Å². The van der Waals surface area contributed by atoms with Gasteiger partial charge in [0.2, 0.25) is 0 Å². The number of carbonyl (C=O) groups excluding carboxylic acids is 1. The van der Waals surface area contributed by atoms with E-state index in [2.05, 4.69) is 17.2 Å². The van der Waals surface area contributed by atoms with Crippen LogP contribution >= 0.6 is 11.3 Å². The van der Waals surface area contributed by atoms with Gasteiger partial charge in [0.05, 0.1) is 12.4 Å². The molecule has 1 unspecified atom stereocenters. The molecule has 0 aliphatic carbocycles. The molecule has 1 atom stereocenters. The van der Waals surface area contributed by atoms with Gasteiger partial charge in [-0.05, 0) is 18.4 Å². The second kappa shape index (κ2) is 7.43. The molecule has 1 aromatic rings. The minimum Gasteiger partial charge on any atom is -0.395 e. The van der Waals surface area contributed by atoms with Crippen molar-refractivity contribution in [3.63, 3.8) is 0 Å². The Balaban J connectivity index is 2.74. The minimum absolute atomic E-state index is 0.0237. The van der Waals surface area contributed by atoms with Crippen LogP contribution in [0, 0.1) is 11.8 Å². The summed E-state index contributed by atoms with van der Waals surface area (Å²) in [6, 6.07) is 1.27. The van der Waals surface area contributed by atoms with E-state index >= 15 is 0 Å². The van der Waals surface area contributed by atoms with E-state index < -0.39 is 15.9 Å². The molecule has 1 amide bonds. The van der Waals surface area contributed by atoms with E-state index in [0.717, 1.165) is 6.26 Å². The summed E-state index contributed by atoms with van der Waals surface area (Å²) in [4.78, 5) is 12.5. The van der Waals surface area contributed by atoms with Gasteiger partial charge < -0.3 is 10.4 Å². The second-order valence-corrected chi connectivity index (χ2v) is 7.51. The molecule has 0 aliphatic heterocycles. The van der Waals surface area contributed by atoms with E-state index in [0.29, 0.717) is 16.9 Å². The highest BCUT2D eigenvalue weighted by molar-refractivity contribution is 7.90. The number of aliphatic hydroxyl groups is 1. The first-order valence-corrected chi connectivity index (χ1v) is 8.93. The summed E-state index contributed by atoms with van der Waals surface area (Å²) < 4.78 is 22.3. The SMILES string of the molecule is CC(CS(C)(=O)=O)NC(=O)c1sccc1C#CCCO. The largest absolute Gasteiger partial charge is 0.395 e. The lowest BCUT2D eigenvalue weighted by Gasteiger charge is -2.12. The van der Waals surface area contributed by atoms with Crippen molar-refractivity contribution in [1.29, 1.82) is 0 Å². The fourth-order valence-corrected chi connectivity index (χ4v) is 3.33. The predicted octanol–water partition coefficient (Wildman–Crippen LogP) is 0.645. The van der Waals surface area contributed by atoms with Crippen LogP contribution in [0.15, 0.2) is 11.4 Å². The molecule has 20 heavy (non-hydrogen) atoms. The average molecular weight is 315 g/mol. The minimum atomic E-state index is -3.13. The molecule has 5 nitrogen and oxygen atoms in total.